The highest BCUT2D eigenvalue weighted by Gasteiger charge is 2.04. The largest absolute Gasteiger partial charge is 0.294 e. The van der Waals surface area contributed by atoms with Crippen molar-refractivity contribution >= 4 is 17.4 Å². The number of terminal acetylenes is 1. The summed E-state index contributed by atoms with van der Waals surface area (Å²) < 4.78 is 0. The van der Waals surface area contributed by atoms with Crippen molar-refractivity contribution in [1.82, 2.24) is 0 Å². The maximum absolute atomic E-state index is 10.9. The van der Waals surface area contributed by atoms with Crippen LogP contribution < -0.4 is 0 Å². The third-order valence-electron chi connectivity index (χ3n) is 1.52. The van der Waals surface area contributed by atoms with Crippen LogP contribution in [0.1, 0.15) is 22.8 Å². The van der Waals surface area contributed by atoms with Crippen LogP contribution in [-0.4, -0.2) is 5.78 Å². The normalized spacial score (nSPS) is 9.08. The van der Waals surface area contributed by atoms with Gasteiger partial charge in [0, 0.05) is 11.1 Å². The molecule has 0 heterocycles. The van der Waals surface area contributed by atoms with Crippen molar-refractivity contribution < 1.29 is 4.79 Å². The second-order valence-corrected chi connectivity index (χ2v) is 2.80. The molecular formula is C10H7ClO. The number of carbonyl (C=O) groups is 1. The molecule has 0 spiro atoms. The molecule has 0 aliphatic carbocycles. The Hall–Kier alpha value is -1.26. The van der Waals surface area contributed by atoms with Crippen LogP contribution in [0.15, 0.2) is 18.2 Å². The minimum absolute atomic E-state index is 0.0522. The Balaban J connectivity index is 3.23. The van der Waals surface area contributed by atoms with Crippen molar-refractivity contribution in [2.45, 2.75) is 6.92 Å². The summed E-state index contributed by atoms with van der Waals surface area (Å²) in [6.45, 7) is 1.47. The fourth-order valence-electron chi connectivity index (χ4n) is 0.890. The van der Waals surface area contributed by atoms with Crippen LogP contribution in [0.2, 0.25) is 5.02 Å². The van der Waals surface area contributed by atoms with E-state index in [2.05, 4.69) is 5.92 Å². The molecule has 0 atom stereocenters. The van der Waals surface area contributed by atoms with E-state index in [9.17, 15) is 4.79 Å². The highest BCUT2D eigenvalue weighted by Crippen LogP contribution is 2.17. The molecule has 12 heavy (non-hydrogen) atoms. The summed E-state index contributed by atoms with van der Waals surface area (Å²) >= 11 is 5.79. The molecule has 2 heteroatoms. The molecule has 0 bridgehead atoms. The predicted octanol–water partition coefficient (Wildman–Crippen LogP) is 2.52. The van der Waals surface area contributed by atoms with E-state index in [4.69, 9.17) is 18.0 Å². The van der Waals surface area contributed by atoms with Gasteiger partial charge in [-0.25, -0.2) is 0 Å². The van der Waals surface area contributed by atoms with Gasteiger partial charge in [-0.2, -0.15) is 0 Å². The Labute approximate surface area is 76.4 Å². The minimum atomic E-state index is -0.0522. The SMILES string of the molecule is C#Cc1ccc(C(C)=O)c(Cl)c1. The average molecular weight is 179 g/mol. The molecule has 0 aliphatic rings. The van der Waals surface area contributed by atoms with Gasteiger partial charge in [0.05, 0.1) is 5.02 Å². The van der Waals surface area contributed by atoms with Crippen molar-refractivity contribution in [1.29, 1.82) is 0 Å². The molecule has 0 saturated carbocycles. The van der Waals surface area contributed by atoms with E-state index in [1.54, 1.807) is 18.2 Å². The molecule has 0 aromatic heterocycles. The second kappa shape index (κ2) is 3.42. The first-order valence-corrected chi connectivity index (χ1v) is 3.80. The lowest BCUT2D eigenvalue weighted by molar-refractivity contribution is 0.101. The Kier molecular flexibility index (Phi) is 2.52. The van der Waals surface area contributed by atoms with Crippen LogP contribution in [0.5, 0.6) is 0 Å². The van der Waals surface area contributed by atoms with Gasteiger partial charge in [0.25, 0.3) is 0 Å². The molecule has 1 aromatic rings. The van der Waals surface area contributed by atoms with Crippen LogP contribution in [-0.2, 0) is 0 Å². The maximum atomic E-state index is 10.9. The molecule has 0 aliphatic heterocycles. The van der Waals surface area contributed by atoms with Crippen LogP contribution in [0.25, 0.3) is 0 Å². The van der Waals surface area contributed by atoms with Gasteiger partial charge in [-0.3, -0.25) is 4.79 Å². The number of rotatable bonds is 1. The molecule has 0 N–H and O–H groups in total. The van der Waals surface area contributed by atoms with Gasteiger partial charge in [0.2, 0.25) is 0 Å². The first kappa shape index (κ1) is 8.83. The number of benzene rings is 1. The molecule has 1 nitrogen and oxygen atoms in total. The topological polar surface area (TPSA) is 17.1 Å². The molecule has 1 aromatic carbocycles. The zero-order valence-electron chi connectivity index (χ0n) is 6.60. The number of halogens is 1. The van der Waals surface area contributed by atoms with Gasteiger partial charge in [-0.15, -0.1) is 6.42 Å². The van der Waals surface area contributed by atoms with Gasteiger partial charge in [0.15, 0.2) is 5.78 Å². The summed E-state index contributed by atoms with van der Waals surface area (Å²) in [5.74, 6) is 2.39. The van der Waals surface area contributed by atoms with E-state index in [1.165, 1.54) is 6.92 Å². The van der Waals surface area contributed by atoms with Crippen molar-refractivity contribution in [2.24, 2.45) is 0 Å². The molecule has 60 valence electrons. The molecule has 0 unspecified atom stereocenters. The van der Waals surface area contributed by atoms with Crippen LogP contribution in [0.4, 0.5) is 0 Å². The predicted molar refractivity (Wildman–Crippen MR) is 49.4 cm³/mol. The first-order valence-electron chi connectivity index (χ1n) is 3.42. The monoisotopic (exact) mass is 178 g/mol. The Morgan fingerprint density at radius 3 is 2.67 bits per heavy atom. The number of hydrogen-bond acceptors (Lipinski definition) is 1. The highest BCUT2D eigenvalue weighted by atomic mass is 35.5. The van der Waals surface area contributed by atoms with Crippen LogP contribution in [0, 0.1) is 12.3 Å². The summed E-state index contributed by atoms with van der Waals surface area (Å²) in [4.78, 5) is 10.9. The molecule has 0 fully saturated rings. The third kappa shape index (κ3) is 1.66. The Bertz CT molecular complexity index is 361. The summed E-state index contributed by atoms with van der Waals surface area (Å²) in [6.07, 6.45) is 5.15. The molecular weight excluding hydrogens is 172 g/mol. The molecule has 0 saturated heterocycles. The van der Waals surface area contributed by atoms with Gasteiger partial charge < -0.3 is 0 Å². The van der Waals surface area contributed by atoms with E-state index in [1.807, 2.05) is 0 Å². The van der Waals surface area contributed by atoms with Gasteiger partial charge in [0.1, 0.15) is 0 Å². The lowest BCUT2D eigenvalue weighted by atomic mass is 10.1. The number of ketones is 1. The van der Waals surface area contributed by atoms with Crippen molar-refractivity contribution in [3.63, 3.8) is 0 Å². The van der Waals surface area contributed by atoms with E-state index >= 15 is 0 Å². The zero-order valence-corrected chi connectivity index (χ0v) is 7.35. The Morgan fingerprint density at radius 1 is 1.58 bits per heavy atom. The summed E-state index contributed by atoms with van der Waals surface area (Å²) in [5.41, 5.74) is 1.20. The number of carbonyl (C=O) groups excluding carboxylic acids is 1. The lowest BCUT2D eigenvalue weighted by Gasteiger charge is -1.98. The number of hydrogen-bond donors (Lipinski definition) is 0. The summed E-state index contributed by atoms with van der Waals surface area (Å²) in [6, 6.07) is 4.95. The Morgan fingerprint density at radius 2 is 2.25 bits per heavy atom. The fourth-order valence-corrected chi connectivity index (χ4v) is 1.20. The number of Topliss-reactive ketones (excluding diaryl/α,β-unsaturated/α-hetero) is 1. The maximum Gasteiger partial charge on any atom is 0.161 e. The third-order valence-corrected chi connectivity index (χ3v) is 1.83. The summed E-state index contributed by atoms with van der Waals surface area (Å²) in [7, 11) is 0. The van der Waals surface area contributed by atoms with E-state index in [0.29, 0.717) is 16.1 Å². The van der Waals surface area contributed by atoms with E-state index in [-0.39, 0.29) is 5.78 Å². The summed E-state index contributed by atoms with van der Waals surface area (Å²) in [5, 5.41) is 0.415. The van der Waals surface area contributed by atoms with E-state index < -0.39 is 0 Å². The van der Waals surface area contributed by atoms with Crippen LogP contribution in [0.3, 0.4) is 0 Å². The van der Waals surface area contributed by atoms with E-state index in [0.717, 1.165) is 0 Å². The highest BCUT2D eigenvalue weighted by molar-refractivity contribution is 6.33. The second-order valence-electron chi connectivity index (χ2n) is 2.40. The van der Waals surface area contributed by atoms with Gasteiger partial charge >= 0.3 is 0 Å². The van der Waals surface area contributed by atoms with Gasteiger partial charge in [-0.1, -0.05) is 17.5 Å². The smallest absolute Gasteiger partial charge is 0.161 e. The van der Waals surface area contributed by atoms with Gasteiger partial charge in [-0.05, 0) is 25.1 Å². The van der Waals surface area contributed by atoms with Crippen molar-refractivity contribution in [3.8, 4) is 12.3 Å². The van der Waals surface area contributed by atoms with Crippen molar-refractivity contribution in [2.75, 3.05) is 0 Å². The molecule has 0 amide bonds. The molecule has 0 radical (unpaired) electrons. The first-order chi connectivity index (χ1) is 5.65. The average Bonchev–Trinajstić information content (AvgIpc) is 2.03. The fraction of sp³-hybridized carbons (Fsp3) is 0.100. The lowest BCUT2D eigenvalue weighted by Crippen LogP contribution is -1.93. The van der Waals surface area contributed by atoms with Crippen molar-refractivity contribution in [3.05, 3.63) is 34.3 Å². The zero-order chi connectivity index (χ0) is 9.14. The minimum Gasteiger partial charge on any atom is -0.294 e. The standard InChI is InChI=1S/C10H7ClO/c1-3-8-4-5-9(7(2)12)10(11)6-8/h1,4-6H,2H3. The van der Waals surface area contributed by atoms with Crippen LogP contribution >= 0.6 is 11.6 Å². The molecule has 1 rings (SSSR count). The quantitative estimate of drug-likeness (QED) is 0.477.